The van der Waals surface area contributed by atoms with Gasteiger partial charge >= 0.3 is 0 Å². The second-order valence-corrected chi connectivity index (χ2v) is 4.37. The van der Waals surface area contributed by atoms with Gasteiger partial charge in [-0.3, -0.25) is 4.79 Å². The van der Waals surface area contributed by atoms with E-state index >= 15 is 0 Å². The van der Waals surface area contributed by atoms with Gasteiger partial charge in [0.05, 0.1) is 21.3 Å². The fourth-order valence-electron chi connectivity index (χ4n) is 1.99. The first-order valence-corrected chi connectivity index (χ1v) is 6.33. The minimum absolute atomic E-state index is 0.254. The Morgan fingerprint density at radius 3 is 2.14 bits per heavy atom. The summed E-state index contributed by atoms with van der Waals surface area (Å²) in [6.07, 6.45) is 1.85. The summed E-state index contributed by atoms with van der Waals surface area (Å²) in [5.41, 5.74) is 0.422. The molecule has 0 bridgehead atoms. The molecule has 21 heavy (non-hydrogen) atoms. The molecular weight excluding hydrogens is 272 g/mol. The van der Waals surface area contributed by atoms with Crippen molar-refractivity contribution in [3.05, 3.63) is 36.0 Å². The van der Waals surface area contributed by atoms with Crippen molar-refractivity contribution in [1.82, 2.24) is 4.57 Å². The zero-order valence-electron chi connectivity index (χ0n) is 12.5. The smallest absolute Gasteiger partial charge is 0.257 e. The fourth-order valence-corrected chi connectivity index (χ4v) is 1.99. The number of nitrogens with one attached hydrogen (secondary N) is 1. The molecule has 0 aliphatic carbocycles. The molecule has 0 saturated carbocycles. The first-order chi connectivity index (χ1) is 10.1. The maximum Gasteiger partial charge on any atom is 0.257 e. The van der Waals surface area contributed by atoms with E-state index in [1.807, 2.05) is 29.9 Å². The molecule has 0 unspecified atom stereocenters. The number of nitrogens with zero attached hydrogens (tertiary/aromatic N) is 1. The molecule has 1 heterocycles. The highest BCUT2D eigenvalue weighted by Crippen LogP contribution is 2.38. The number of rotatable bonds is 5. The molecule has 0 atom stereocenters. The van der Waals surface area contributed by atoms with Gasteiger partial charge in [-0.25, -0.2) is 0 Å². The summed E-state index contributed by atoms with van der Waals surface area (Å²) in [7, 11) is 6.39. The van der Waals surface area contributed by atoms with Crippen LogP contribution < -0.4 is 19.5 Å². The summed E-state index contributed by atoms with van der Waals surface area (Å²) in [5.74, 6) is 1.78. The second kappa shape index (κ2) is 6.21. The van der Waals surface area contributed by atoms with Crippen molar-refractivity contribution in [1.29, 1.82) is 0 Å². The SMILES string of the molecule is COc1cc(C(=O)Nc2cccn2C)cc(OC)c1OC. The minimum atomic E-state index is -0.254. The van der Waals surface area contributed by atoms with Gasteiger partial charge in [-0.1, -0.05) is 0 Å². The molecule has 1 aromatic heterocycles. The number of carbonyl (C=O) groups is 1. The quantitative estimate of drug-likeness (QED) is 0.918. The maximum atomic E-state index is 12.3. The Labute approximate surface area is 123 Å². The van der Waals surface area contributed by atoms with Crippen LogP contribution in [0, 0.1) is 0 Å². The number of anilines is 1. The molecule has 1 amide bonds. The van der Waals surface area contributed by atoms with Gasteiger partial charge in [-0.2, -0.15) is 0 Å². The first-order valence-electron chi connectivity index (χ1n) is 6.33. The monoisotopic (exact) mass is 290 g/mol. The van der Waals surface area contributed by atoms with E-state index in [1.165, 1.54) is 21.3 Å². The van der Waals surface area contributed by atoms with Crippen LogP contribution >= 0.6 is 0 Å². The van der Waals surface area contributed by atoms with E-state index in [0.29, 0.717) is 28.6 Å². The third-order valence-corrected chi connectivity index (χ3v) is 3.11. The predicted octanol–water partition coefficient (Wildman–Crippen LogP) is 2.30. The normalized spacial score (nSPS) is 10.1. The Hall–Kier alpha value is -2.63. The zero-order chi connectivity index (χ0) is 15.4. The van der Waals surface area contributed by atoms with E-state index < -0.39 is 0 Å². The van der Waals surface area contributed by atoms with Gasteiger partial charge in [0.1, 0.15) is 5.82 Å². The summed E-state index contributed by atoms with van der Waals surface area (Å²) in [6.45, 7) is 0. The van der Waals surface area contributed by atoms with Crippen molar-refractivity contribution in [2.45, 2.75) is 0 Å². The molecule has 0 aliphatic rings. The van der Waals surface area contributed by atoms with Crippen LogP contribution in [0.3, 0.4) is 0 Å². The molecule has 0 saturated heterocycles. The lowest BCUT2D eigenvalue weighted by atomic mass is 10.1. The third-order valence-electron chi connectivity index (χ3n) is 3.11. The standard InChI is InChI=1S/C15H18N2O4/c1-17-7-5-6-13(17)16-15(18)10-8-11(19-2)14(21-4)12(9-10)20-3/h5-9H,1-4H3,(H,16,18). The van der Waals surface area contributed by atoms with E-state index in [1.54, 1.807) is 12.1 Å². The van der Waals surface area contributed by atoms with Crippen LogP contribution in [-0.2, 0) is 7.05 Å². The number of methoxy groups -OCH3 is 3. The summed E-state index contributed by atoms with van der Waals surface area (Å²) >= 11 is 0. The highest BCUT2D eigenvalue weighted by molar-refractivity contribution is 6.04. The van der Waals surface area contributed by atoms with Gasteiger partial charge in [-0.05, 0) is 24.3 Å². The Morgan fingerprint density at radius 1 is 1.10 bits per heavy atom. The average molecular weight is 290 g/mol. The summed E-state index contributed by atoms with van der Waals surface area (Å²) < 4.78 is 17.5. The molecular formula is C15H18N2O4. The lowest BCUT2D eigenvalue weighted by molar-refractivity contribution is 0.102. The Bertz CT molecular complexity index is 624. The van der Waals surface area contributed by atoms with E-state index in [0.717, 1.165) is 0 Å². The zero-order valence-corrected chi connectivity index (χ0v) is 12.5. The van der Waals surface area contributed by atoms with E-state index in [-0.39, 0.29) is 5.91 Å². The number of aromatic nitrogens is 1. The van der Waals surface area contributed by atoms with Crippen LogP contribution in [0.1, 0.15) is 10.4 Å². The lowest BCUT2D eigenvalue weighted by Gasteiger charge is -2.14. The van der Waals surface area contributed by atoms with E-state index in [2.05, 4.69) is 5.32 Å². The third kappa shape index (κ3) is 2.94. The lowest BCUT2D eigenvalue weighted by Crippen LogP contribution is -2.14. The fraction of sp³-hybridized carbons (Fsp3) is 0.267. The second-order valence-electron chi connectivity index (χ2n) is 4.37. The van der Waals surface area contributed by atoms with Gasteiger partial charge < -0.3 is 24.1 Å². The van der Waals surface area contributed by atoms with Crippen molar-refractivity contribution < 1.29 is 19.0 Å². The molecule has 1 N–H and O–H groups in total. The van der Waals surface area contributed by atoms with Crippen molar-refractivity contribution in [2.75, 3.05) is 26.6 Å². The molecule has 0 spiro atoms. The van der Waals surface area contributed by atoms with Crippen LogP contribution in [0.4, 0.5) is 5.82 Å². The van der Waals surface area contributed by atoms with Crippen LogP contribution in [0.25, 0.3) is 0 Å². The average Bonchev–Trinajstić information content (AvgIpc) is 2.90. The van der Waals surface area contributed by atoms with Crippen molar-refractivity contribution in [3.8, 4) is 17.2 Å². The van der Waals surface area contributed by atoms with Crippen molar-refractivity contribution >= 4 is 11.7 Å². The molecule has 0 radical (unpaired) electrons. The maximum absolute atomic E-state index is 12.3. The number of carbonyl (C=O) groups excluding carboxylic acids is 1. The van der Waals surface area contributed by atoms with E-state index in [9.17, 15) is 4.79 Å². The largest absolute Gasteiger partial charge is 0.493 e. The molecule has 0 fully saturated rings. The molecule has 2 aromatic rings. The Morgan fingerprint density at radius 2 is 1.71 bits per heavy atom. The topological polar surface area (TPSA) is 61.7 Å². The Kier molecular flexibility index (Phi) is 4.37. The van der Waals surface area contributed by atoms with Crippen LogP contribution in [0.5, 0.6) is 17.2 Å². The molecule has 6 nitrogen and oxygen atoms in total. The Balaban J connectivity index is 2.35. The van der Waals surface area contributed by atoms with Gasteiger partial charge in [-0.15, -0.1) is 0 Å². The number of hydrogen-bond donors (Lipinski definition) is 1. The molecule has 6 heteroatoms. The summed E-state index contributed by atoms with van der Waals surface area (Å²) in [5, 5.41) is 2.82. The van der Waals surface area contributed by atoms with Gasteiger partial charge in [0, 0.05) is 18.8 Å². The minimum Gasteiger partial charge on any atom is -0.493 e. The van der Waals surface area contributed by atoms with Gasteiger partial charge in [0.2, 0.25) is 5.75 Å². The number of benzene rings is 1. The number of aryl methyl sites for hydroxylation is 1. The van der Waals surface area contributed by atoms with Crippen LogP contribution in [0.15, 0.2) is 30.5 Å². The molecule has 112 valence electrons. The summed E-state index contributed by atoms with van der Waals surface area (Å²) in [6, 6.07) is 6.89. The highest BCUT2D eigenvalue weighted by atomic mass is 16.5. The molecule has 2 rings (SSSR count). The van der Waals surface area contributed by atoms with E-state index in [4.69, 9.17) is 14.2 Å². The van der Waals surface area contributed by atoms with Crippen LogP contribution in [0.2, 0.25) is 0 Å². The molecule has 0 aliphatic heterocycles. The van der Waals surface area contributed by atoms with Gasteiger partial charge in [0.25, 0.3) is 5.91 Å². The first kappa shape index (κ1) is 14.8. The van der Waals surface area contributed by atoms with Gasteiger partial charge in [0.15, 0.2) is 11.5 Å². The highest BCUT2D eigenvalue weighted by Gasteiger charge is 2.17. The van der Waals surface area contributed by atoms with Crippen molar-refractivity contribution in [2.24, 2.45) is 7.05 Å². The number of amides is 1. The number of ether oxygens (including phenoxy) is 3. The number of hydrogen-bond acceptors (Lipinski definition) is 4. The summed E-state index contributed by atoms with van der Waals surface area (Å²) in [4.78, 5) is 12.3. The van der Waals surface area contributed by atoms with Crippen molar-refractivity contribution in [3.63, 3.8) is 0 Å². The predicted molar refractivity (Wildman–Crippen MR) is 79.5 cm³/mol. The van der Waals surface area contributed by atoms with Crippen LogP contribution in [-0.4, -0.2) is 31.8 Å². The molecule has 1 aromatic carbocycles.